The van der Waals surface area contributed by atoms with E-state index in [0.29, 0.717) is 5.13 Å². The molecule has 1 amide bonds. The topological polar surface area (TPSA) is 97.1 Å². The van der Waals surface area contributed by atoms with Crippen molar-refractivity contribution < 1.29 is 9.90 Å². The lowest BCUT2D eigenvalue weighted by Crippen LogP contribution is -2.28. The summed E-state index contributed by atoms with van der Waals surface area (Å²) in [5.41, 5.74) is 0.207. The van der Waals surface area contributed by atoms with Crippen LogP contribution in [0.2, 0.25) is 10.0 Å². The maximum atomic E-state index is 12.6. The number of amides is 1. The molecule has 0 bridgehead atoms. The summed E-state index contributed by atoms with van der Waals surface area (Å²) >= 11 is 13.2. The van der Waals surface area contributed by atoms with Crippen LogP contribution in [-0.4, -0.2) is 25.5 Å². The van der Waals surface area contributed by atoms with Gasteiger partial charge in [-0.15, -0.1) is 0 Å². The summed E-state index contributed by atoms with van der Waals surface area (Å²) in [5, 5.41) is 13.1. The highest BCUT2D eigenvalue weighted by Gasteiger charge is 2.16. The monoisotopic (exact) mass is 420 g/mol. The van der Waals surface area contributed by atoms with Crippen molar-refractivity contribution in [3.8, 4) is 5.75 Å². The Morgan fingerprint density at radius 2 is 2.04 bits per heavy atom. The van der Waals surface area contributed by atoms with Crippen LogP contribution in [0.25, 0.3) is 21.1 Å². The smallest absolute Gasteiger partial charge is 0.263 e. The molecule has 0 radical (unpaired) electrons. The normalized spacial score (nSPS) is 11.2. The number of nitrogens with one attached hydrogen (secondary N) is 1. The van der Waals surface area contributed by atoms with Crippen LogP contribution < -0.4 is 10.9 Å². The molecule has 0 aliphatic heterocycles. The van der Waals surface area contributed by atoms with Gasteiger partial charge in [-0.2, -0.15) is 0 Å². The van der Waals surface area contributed by atoms with Gasteiger partial charge in [-0.05, 0) is 18.2 Å². The van der Waals surface area contributed by atoms with Crippen molar-refractivity contribution in [2.75, 3.05) is 5.32 Å². The number of rotatable bonds is 3. The van der Waals surface area contributed by atoms with Crippen LogP contribution in [-0.2, 0) is 11.3 Å². The third-order valence-electron chi connectivity index (χ3n) is 3.83. The van der Waals surface area contributed by atoms with Crippen molar-refractivity contribution in [3.05, 3.63) is 57.1 Å². The zero-order valence-corrected chi connectivity index (χ0v) is 15.8. The maximum Gasteiger partial charge on any atom is 0.263 e. The zero-order valence-electron chi connectivity index (χ0n) is 13.4. The molecule has 2 aromatic carbocycles. The molecular formula is C17H10Cl2N4O3S. The molecule has 4 aromatic rings. The SMILES string of the molecule is O=C(Cn1cnc2c(O)c(Cl)cc(Cl)c2c1=O)Nc1nc2ccccc2s1. The summed E-state index contributed by atoms with van der Waals surface area (Å²) in [7, 11) is 0. The van der Waals surface area contributed by atoms with Crippen LogP contribution >= 0.6 is 34.5 Å². The summed E-state index contributed by atoms with van der Waals surface area (Å²) in [6, 6.07) is 8.76. The highest BCUT2D eigenvalue weighted by Crippen LogP contribution is 2.34. The lowest BCUT2D eigenvalue weighted by Gasteiger charge is -2.09. The largest absolute Gasteiger partial charge is 0.504 e. The van der Waals surface area contributed by atoms with Crippen molar-refractivity contribution in [3.63, 3.8) is 0 Å². The Morgan fingerprint density at radius 3 is 2.81 bits per heavy atom. The van der Waals surface area contributed by atoms with E-state index in [4.69, 9.17) is 23.2 Å². The summed E-state index contributed by atoms with van der Waals surface area (Å²) in [6.07, 6.45) is 1.16. The van der Waals surface area contributed by atoms with Crippen molar-refractivity contribution >= 4 is 66.7 Å². The number of aromatic hydroxyl groups is 1. The van der Waals surface area contributed by atoms with E-state index in [9.17, 15) is 14.7 Å². The molecule has 2 aromatic heterocycles. The number of hydrogen-bond donors (Lipinski definition) is 2. The number of phenolic OH excluding ortho intramolecular Hbond substituents is 1. The number of nitrogens with zero attached hydrogens (tertiary/aromatic N) is 3. The van der Waals surface area contributed by atoms with E-state index in [2.05, 4.69) is 15.3 Å². The van der Waals surface area contributed by atoms with Gasteiger partial charge < -0.3 is 10.4 Å². The third kappa shape index (κ3) is 3.23. The summed E-state index contributed by atoms with van der Waals surface area (Å²) in [4.78, 5) is 33.3. The molecule has 0 spiro atoms. The van der Waals surface area contributed by atoms with Crippen LogP contribution in [0.5, 0.6) is 5.75 Å². The first kappa shape index (κ1) is 17.7. The fourth-order valence-electron chi connectivity index (χ4n) is 2.60. The molecule has 136 valence electrons. The molecular weight excluding hydrogens is 411 g/mol. The fraction of sp³-hybridized carbons (Fsp3) is 0.0588. The van der Waals surface area contributed by atoms with Crippen LogP contribution in [0.4, 0.5) is 5.13 Å². The predicted molar refractivity (Wildman–Crippen MR) is 106 cm³/mol. The fourth-order valence-corrected chi connectivity index (χ4v) is 4.02. The first-order valence-corrected chi connectivity index (χ1v) is 9.23. The third-order valence-corrected chi connectivity index (χ3v) is 5.37. The van der Waals surface area contributed by atoms with Gasteiger partial charge in [0.05, 0.1) is 32.0 Å². The van der Waals surface area contributed by atoms with Gasteiger partial charge in [-0.25, -0.2) is 9.97 Å². The Morgan fingerprint density at radius 1 is 1.26 bits per heavy atom. The van der Waals surface area contributed by atoms with Crippen molar-refractivity contribution in [1.82, 2.24) is 14.5 Å². The second-order valence-electron chi connectivity index (χ2n) is 5.62. The van der Waals surface area contributed by atoms with Crippen LogP contribution in [0.1, 0.15) is 0 Å². The lowest BCUT2D eigenvalue weighted by molar-refractivity contribution is -0.116. The highest BCUT2D eigenvalue weighted by molar-refractivity contribution is 7.22. The number of benzene rings is 2. The minimum absolute atomic E-state index is 0.00569. The Kier molecular flexibility index (Phi) is 4.47. The van der Waals surface area contributed by atoms with Gasteiger partial charge in [-0.1, -0.05) is 46.7 Å². The van der Waals surface area contributed by atoms with Gasteiger partial charge in [0.1, 0.15) is 12.1 Å². The van der Waals surface area contributed by atoms with Crippen LogP contribution in [0.3, 0.4) is 0 Å². The average molecular weight is 421 g/mol. The molecule has 0 saturated carbocycles. The number of carbonyl (C=O) groups excluding carboxylic acids is 1. The van der Waals surface area contributed by atoms with Crippen molar-refractivity contribution in [2.24, 2.45) is 0 Å². The molecule has 4 rings (SSSR count). The Hall–Kier alpha value is -2.68. The molecule has 2 heterocycles. The number of phenols is 1. The summed E-state index contributed by atoms with van der Waals surface area (Å²) < 4.78 is 2.04. The highest BCUT2D eigenvalue weighted by atomic mass is 35.5. The van der Waals surface area contributed by atoms with Gasteiger partial charge >= 0.3 is 0 Å². The van der Waals surface area contributed by atoms with Gasteiger partial charge in [0, 0.05) is 0 Å². The number of halogens is 2. The molecule has 10 heteroatoms. The van der Waals surface area contributed by atoms with Crippen LogP contribution in [0.15, 0.2) is 41.5 Å². The predicted octanol–water partition coefficient (Wildman–Crippen LogP) is 3.66. The average Bonchev–Trinajstić information content (AvgIpc) is 3.03. The first-order chi connectivity index (χ1) is 12.9. The Balaban J connectivity index is 1.64. The van der Waals surface area contributed by atoms with Gasteiger partial charge in [0.15, 0.2) is 10.9 Å². The number of thiazole rings is 1. The minimum atomic E-state index is -0.559. The summed E-state index contributed by atoms with van der Waals surface area (Å²) in [5.74, 6) is -0.772. The molecule has 0 fully saturated rings. The van der Waals surface area contributed by atoms with E-state index in [-0.39, 0.29) is 33.2 Å². The quantitative estimate of drug-likeness (QED) is 0.526. The number of anilines is 1. The molecule has 2 N–H and O–H groups in total. The molecule has 0 aliphatic rings. The number of carbonyl (C=O) groups is 1. The van der Waals surface area contributed by atoms with E-state index >= 15 is 0 Å². The lowest BCUT2D eigenvalue weighted by atomic mass is 10.2. The first-order valence-electron chi connectivity index (χ1n) is 7.65. The molecule has 27 heavy (non-hydrogen) atoms. The number of hydrogen-bond acceptors (Lipinski definition) is 6. The second-order valence-corrected chi connectivity index (χ2v) is 7.47. The van der Waals surface area contributed by atoms with E-state index in [1.807, 2.05) is 24.3 Å². The van der Waals surface area contributed by atoms with Gasteiger partial charge in [0.2, 0.25) is 5.91 Å². The second kappa shape index (κ2) is 6.80. The number of aromatic nitrogens is 3. The molecule has 0 unspecified atom stereocenters. The van der Waals surface area contributed by atoms with E-state index in [0.717, 1.165) is 21.1 Å². The van der Waals surface area contributed by atoms with Crippen molar-refractivity contribution in [2.45, 2.75) is 6.54 Å². The Labute approximate surface area is 165 Å². The van der Waals surface area contributed by atoms with E-state index < -0.39 is 11.5 Å². The van der Waals surface area contributed by atoms with Gasteiger partial charge in [0.25, 0.3) is 5.56 Å². The van der Waals surface area contributed by atoms with Crippen LogP contribution in [0, 0.1) is 0 Å². The molecule has 0 atom stereocenters. The molecule has 0 aliphatic carbocycles. The minimum Gasteiger partial charge on any atom is -0.504 e. The van der Waals surface area contributed by atoms with E-state index in [1.54, 1.807) is 0 Å². The van der Waals surface area contributed by atoms with Crippen molar-refractivity contribution in [1.29, 1.82) is 0 Å². The maximum absolute atomic E-state index is 12.6. The van der Waals surface area contributed by atoms with Gasteiger partial charge in [-0.3, -0.25) is 14.2 Å². The standard InChI is InChI=1S/C17H10Cl2N4O3S/c18-8-5-9(19)15(25)14-13(8)16(26)23(7-20-14)6-12(24)22-17-21-10-3-1-2-4-11(10)27-17/h1-5,7,25H,6H2,(H,21,22,24). The summed E-state index contributed by atoms with van der Waals surface area (Å²) in [6.45, 7) is -0.280. The number of para-hydroxylation sites is 1. The molecule has 0 saturated heterocycles. The molecule has 7 nitrogen and oxygen atoms in total. The zero-order chi connectivity index (χ0) is 19.1. The van der Waals surface area contributed by atoms with E-state index in [1.165, 1.54) is 17.4 Å². The number of fused-ring (bicyclic) bond motifs is 2. The Bertz CT molecular complexity index is 1240.